The normalized spacial score (nSPS) is 13.2. The minimum atomic E-state index is 0.708. The smallest absolute Gasteiger partial charge is 0.163 e. The van der Waals surface area contributed by atoms with E-state index in [0.29, 0.717) is 5.82 Å². The number of halogens is 1. The lowest BCUT2D eigenvalue weighted by atomic mass is 10.1. The summed E-state index contributed by atoms with van der Waals surface area (Å²) in [6.07, 6.45) is 4.59. The summed E-state index contributed by atoms with van der Waals surface area (Å²) in [4.78, 5) is 16.3. The van der Waals surface area contributed by atoms with Crippen LogP contribution in [0.5, 0.6) is 0 Å². The lowest BCUT2D eigenvalue weighted by molar-refractivity contribution is 0.976. The van der Waals surface area contributed by atoms with Crippen LogP contribution in [0, 0.1) is 6.92 Å². The van der Waals surface area contributed by atoms with Crippen LogP contribution in [0.25, 0.3) is 22.3 Å². The predicted molar refractivity (Wildman–Crippen MR) is 112 cm³/mol. The molecule has 132 valence electrons. The molecular formula is C22H17BrN4. The summed E-state index contributed by atoms with van der Waals surface area (Å²) < 4.78 is 1.11. The van der Waals surface area contributed by atoms with Crippen molar-refractivity contribution in [1.82, 2.24) is 15.0 Å². The molecule has 0 N–H and O–H groups in total. The third-order valence-corrected chi connectivity index (χ3v) is 5.44. The highest BCUT2D eigenvalue weighted by molar-refractivity contribution is 9.10. The molecular weight excluding hydrogens is 400 g/mol. The highest BCUT2D eigenvalue weighted by Gasteiger charge is 2.24. The Hall–Kier alpha value is -2.79. The van der Waals surface area contributed by atoms with Gasteiger partial charge in [0.2, 0.25) is 0 Å². The van der Waals surface area contributed by atoms with Crippen molar-refractivity contribution in [3.8, 4) is 11.4 Å². The number of aromatic nitrogens is 3. The van der Waals surface area contributed by atoms with Crippen LogP contribution in [-0.4, -0.2) is 21.5 Å². The van der Waals surface area contributed by atoms with Crippen LogP contribution in [0.1, 0.15) is 11.1 Å². The Bertz CT molecular complexity index is 1160. The molecule has 1 aliphatic rings. The topological polar surface area (TPSA) is 41.9 Å². The fourth-order valence-corrected chi connectivity index (χ4v) is 4.05. The van der Waals surface area contributed by atoms with Gasteiger partial charge < -0.3 is 4.90 Å². The lowest BCUT2D eigenvalue weighted by Crippen LogP contribution is -2.16. The van der Waals surface area contributed by atoms with Gasteiger partial charge in [-0.15, -0.1) is 0 Å². The second-order valence-corrected chi connectivity index (χ2v) is 7.72. The van der Waals surface area contributed by atoms with Gasteiger partial charge in [0.05, 0.1) is 5.52 Å². The van der Waals surface area contributed by atoms with Gasteiger partial charge in [0.15, 0.2) is 5.82 Å². The van der Waals surface area contributed by atoms with Crippen molar-refractivity contribution in [3.63, 3.8) is 0 Å². The number of pyridine rings is 1. The fraction of sp³-hybridized carbons (Fsp3) is 0.136. The fourth-order valence-electron chi connectivity index (χ4n) is 3.65. The van der Waals surface area contributed by atoms with Gasteiger partial charge in [0.1, 0.15) is 5.82 Å². The quantitative estimate of drug-likeness (QED) is 0.435. The van der Waals surface area contributed by atoms with Crippen LogP contribution < -0.4 is 4.90 Å². The maximum atomic E-state index is 4.98. The summed E-state index contributed by atoms with van der Waals surface area (Å²) in [5.74, 6) is 1.67. The molecule has 4 nitrogen and oxygen atoms in total. The summed E-state index contributed by atoms with van der Waals surface area (Å²) in [5.41, 5.74) is 5.65. The van der Waals surface area contributed by atoms with Crippen LogP contribution in [0.4, 0.5) is 11.5 Å². The van der Waals surface area contributed by atoms with Crippen LogP contribution in [0.3, 0.4) is 0 Å². The molecule has 5 heteroatoms. The van der Waals surface area contributed by atoms with Crippen LogP contribution in [-0.2, 0) is 6.42 Å². The molecule has 0 saturated carbocycles. The van der Waals surface area contributed by atoms with Crippen molar-refractivity contribution >= 4 is 38.3 Å². The minimum Gasteiger partial charge on any atom is -0.325 e. The van der Waals surface area contributed by atoms with Crippen LogP contribution in [0.15, 0.2) is 65.4 Å². The Balaban J connectivity index is 1.75. The summed E-state index contributed by atoms with van der Waals surface area (Å²) in [5, 5.41) is 1.08. The Morgan fingerprint density at radius 3 is 2.81 bits per heavy atom. The second kappa shape index (κ2) is 6.43. The molecule has 0 atom stereocenters. The Morgan fingerprint density at radius 2 is 1.96 bits per heavy atom. The Morgan fingerprint density at radius 1 is 1.04 bits per heavy atom. The number of fused-ring (bicyclic) bond motifs is 2. The maximum absolute atomic E-state index is 4.98. The van der Waals surface area contributed by atoms with Gasteiger partial charge in [-0.2, -0.15) is 0 Å². The number of nitrogens with zero attached hydrogens (tertiary/aromatic N) is 4. The van der Waals surface area contributed by atoms with Gasteiger partial charge in [0, 0.05) is 40.0 Å². The zero-order chi connectivity index (χ0) is 18.4. The molecule has 0 spiro atoms. The molecule has 0 fully saturated rings. The van der Waals surface area contributed by atoms with E-state index >= 15 is 0 Å². The first-order valence-electron chi connectivity index (χ1n) is 8.94. The first kappa shape index (κ1) is 16.4. The standard InChI is InChI=1S/C22H17BrN4/c1-14-4-6-19-18(11-14)22(26-21(25-19)16-3-2-9-24-13-16)27-10-8-15-12-17(23)5-7-20(15)27/h2-7,9,11-13H,8,10H2,1H3. The number of anilines is 2. The van der Waals surface area contributed by atoms with Gasteiger partial charge in [-0.1, -0.05) is 27.6 Å². The highest BCUT2D eigenvalue weighted by Crippen LogP contribution is 2.39. The molecule has 5 rings (SSSR count). The lowest BCUT2D eigenvalue weighted by Gasteiger charge is -2.21. The molecule has 2 aromatic heterocycles. The molecule has 0 bridgehead atoms. The van der Waals surface area contributed by atoms with Gasteiger partial charge >= 0.3 is 0 Å². The van der Waals surface area contributed by atoms with E-state index in [0.717, 1.165) is 39.7 Å². The van der Waals surface area contributed by atoms with Crippen molar-refractivity contribution in [3.05, 3.63) is 76.5 Å². The van der Waals surface area contributed by atoms with E-state index in [1.807, 2.05) is 18.3 Å². The SMILES string of the molecule is Cc1ccc2nc(-c3cccnc3)nc(N3CCc4cc(Br)ccc43)c2c1. The first-order chi connectivity index (χ1) is 13.2. The molecule has 0 unspecified atom stereocenters. The number of benzene rings is 2. The number of hydrogen-bond donors (Lipinski definition) is 0. The third-order valence-electron chi connectivity index (χ3n) is 4.94. The number of rotatable bonds is 2. The predicted octanol–water partition coefficient (Wildman–Crippen LogP) is 5.46. The minimum absolute atomic E-state index is 0.708. The van der Waals surface area contributed by atoms with Crippen molar-refractivity contribution in [2.24, 2.45) is 0 Å². The Kier molecular flexibility index (Phi) is 3.90. The molecule has 1 aliphatic heterocycles. The van der Waals surface area contributed by atoms with Gasteiger partial charge in [-0.25, -0.2) is 9.97 Å². The van der Waals surface area contributed by atoms with Crippen molar-refractivity contribution in [2.45, 2.75) is 13.3 Å². The molecule has 0 aliphatic carbocycles. The average Bonchev–Trinajstić information content (AvgIpc) is 3.10. The van der Waals surface area contributed by atoms with E-state index in [1.54, 1.807) is 6.20 Å². The van der Waals surface area contributed by atoms with E-state index in [9.17, 15) is 0 Å². The van der Waals surface area contributed by atoms with Crippen molar-refractivity contribution in [2.75, 3.05) is 11.4 Å². The molecule has 27 heavy (non-hydrogen) atoms. The number of hydrogen-bond acceptors (Lipinski definition) is 4. The van der Waals surface area contributed by atoms with Crippen molar-refractivity contribution in [1.29, 1.82) is 0 Å². The highest BCUT2D eigenvalue weighted by atomic mass is 79.9. The molecule has 3 heterocycles. The van der Waals surface area contributed by atoms with E-state index in [2.05, 4.69) is 69.1 Å². The van der Waals surface area contributed by atoms with Gasteiger partial charge in [-0.05, 0) is 61.4 Å². The van der Waals surface area contributed by atoms with Gasteiger partial charge in [0.25, 0.3) is 0 Å². The number of aryl methyl sites for hydroxylation is 1. The first-order valence-corrected chi connectivity index (χ1v) is 9.73. The zero-order valence-corrected chi connectivity index (χ0v) is 16.4. The van der Waals surface area contributed by atoms with E-state index in [4.69, 9.17) is 9.97 Å². The largest absolute Gasteiger partial charge is 0.325 e. The van der Waals surface area contributed by atoms with Crippen LogP contribution >= 0.6 is 15.9 Å². The molecule has 2 aromatic carbocycles. The molecule has 4 aromatic rings. The summed E-state index contributed by atoms with van der Waals surface area (Å²) >= 11 is 3.58. The van der Waals surface area contributed by atoms with E-state index in [1.165, 1.54) is 16.8 Å². The summed E-state index contributed by atoms with van der Waals surface area (Å²) in [6.45, 7) is 3.02. The second-order valence-electron chi connectivity index (χ2n) is 6.81. The van der Waals surface area contributed by atoms with E-state index in [-0.39, 0.29) is 0 Å². The monoisotopic (exact) mass is 416 g/mol. The summed E-state index contributed by atoms with van der Waals surface area (Å²) in [7, 11) is 0. The molecule has 0 saturated heterocycles. The summed E-state index contributed by atoms with van der Waals surface area (Å²) in [6, 6.07) is 16.7. The van der Waals surface area contributed by atoms with Crippen molar-refractivity contribution < 1.29 is 0 Å². The average molecular weight is 417 g/mol. The molecule has 0 amide bonds. The Labute approximate surface area is 166 Å². The van der Waals surface area contributed by atoms with Crippen LogP contribution in [0.2, 0.25) is 0 Å². The maximum Gasteiger partial charge on any atom is 0.163 e. The zero-order valence-electron chi connectivity index (χ0n) is 14.9. The molecule has 0 radical (unpaired) electrons. The van der Waals surface area contributed by atoms with E-state index < -0.39 is 0 Å². The van der Waals surface area contributed by atoms with Gasteiger partial charge in [-0.3, -0.25) is 4.98 Å². The third kappa shape index (κ3) is 2.88.